The molecule has 4 rings (SSSR count). The molecule has 0 saturated carbocycles. The maximum Gasteiger partial charge on any atom is 0.416 e. The van der Waals surface area contributed by atoms with E-state index < -0.39 is 11.7 Å². The number of halogens is 3. The van der Waals surface area contributed by atoms with Gasteiger partial charge in [0.2, 0.25) is 0 Å². The molecule has 4 aromatic rings. The van der Waals surface area contributed by atoms with Gasteiger partial charge in [-0.05, 0) is 44.3 Å². The summed E-state index contributed by atoms with van der Waals surface area (Å²) in [6.45, 7) is 3.72. The molecule has 0 unspecified atom stereocenters. The molecule has 0 aliphatic rings. The lowest BCUT2D eigenvalue weighted by molar-refractivity contribution is -0.137. The van der Waals surface area contributed by atoms with Gasteiger partial charge in [0.25, 0.3) is 5.91 Å². The van der Waals surface area contributed by atoms with E-state index in [9.17, 15) is 18.0 Å². The molecule has 0 N–H and O–H groups in total. The number of aromatic nitrogens is 1. The minimum Gasteiger partial charge on any atom is -0.460 e. The third kappa shape index (κ3) is 5.77. The lowest BCUT2D eigenvalue weighted by atomic mass is 10.1. The number of likely N-dealkylation sites (N-methyl/N-ethyl adjacent to an activating group) is 1. The molecule has 0 bridgehead atoms. The molecule has 1 amide bonds. The van der Waals surface area contributed by atoms with Crippen LogP contribution in [0.3, 0.4) is 0 Å². The summed E-state index contributed by atoms with van der Waals surface area (Å²) >= 11 is 0. The highest BCUT2D eigenvalue weighted by Crippen LogP contribution is 2.30. The standard InChI is InChI=1S/C27H28F3N3O2/c1-19-15-23-25(35-19)16-24(33(23)18-21-9-11-22(12-10-21)27(28,29)30)26(34)32(14-13-31(2)3)17-20-7-5-4-6-8-20/h4-12,15-16H,13-14,17-18H2,1-3H3. The lowest BCUT2D eigenvalue weighted by Crippen LogP contribution is -2.37. The zero-order valence-corrected chi connectivity index (χ0v) is 20.0. The molecule has 2 aromatic carbocycles. The molecule has 0 radical (unpaired) electrons. The number of nitrogens with zero attached hydrogens (tertiary/aromatic N) is 3. The second-order valence-corrected chi connectivity index (χ2v) is 8.93. The zero-order chi connectivity index (χ0) is 25.2. The van der Waals surface area contributed by atoms with Gasteiger partial charge in [0.1, 0.15) is 11.5 Å². The van der Waals surface area contributed by atoms with Gasteiger partial charge in [0.05, 0.1) is 11.1 Å². The van der Waals surface area contributed by atoms with Crippen molar-refractivity contribution in [3.8, 4) is 0 Å². The Morgan fingerprint density at radius 1 is 0.943 bits per heavy atom. The van der Waals surface area contributed by atoms with E-state index in [0.29, 0.717) is 42.2 Å². The van der Waals surface area contributed by atoms with E-state index in [1.165, 1.54) is 12.1 Å². The first-order chi connectivity index (χ1) is 16.6. The number of carbonyl (C=O) groups excluding carboxylic acids is 1. The summed E-state index contributed by atoms with van der Waals surface area (Å²) in [5, 5.41) is 0. The molecule has 5 nitrogen and oxygen atoms in total. The van der Waals surface area contributed by atoms with E-state index in [1.54, 1.807) is 11.0 Å². The first-order valence-corrected chi connectivity index (χ1v) is 11.4. The highest BCUT2D eigenvalue weighted by Gasteiger charge is 2.30. The molecule has 2 heterocycles. The minimum absolute atomic E-state index is 0.160. The Labute approximate surface area is 202 Å². The van der Waals surface area contributed by atoms with E-state index in [4.69, 9.17) is 4.42 Å². The fourth-order valence-electron chi connectivity index (χ4n) is 4.03. The van der Waals surface area contributed by atoms with Crippen molar-refractivity contribution in [1.82, 2.24) is 14.4 Å². The zero-order valence-electron chi connectivity index (χ0n) is 20.0. The maximum atomic E-state index is 13.8. The van der Waals surface area contributed by atoms with Crippen molar-refractivity contribution >= 4 is 17.0 Å². The average Bonchev–Trinajstić information content (AvgIpc) is 3.33. The second-order valence-electron chi connectivity index (χ2n) is 8.93. The normalized spacial score (nSPS) is 12.0. The first-order valence-electron chi connectivity index (χ1n) is 11.4. The predicted octanol–water partition coefficient (Wildman–Crippen LogP) is 5.81. The van der Waals surface area contributed by atoms with Gasteiger partial charge in [0.15, 0.2) is 5.58 Å². The van der Waals surface area contributed by atoms with Gasteiger partial charge in [-0.2, -0.15) is 13.2 Å². The number of benzene rings is 2. The number of hydrogen-bond acceptors (Lipinski definition) is 3. The SMILES string of the molecule is Cc1cc2c(cc(C(=O)N(CCN(C)C)Cc3ccccc3)n2Cc2ccc(C(F)(F)F)cc2)o1. The van der Waals surface area contributed by atoms with E-state index in [-0.39, 0.29) is 12.5 Å². The highest BCUT2D eigenvalue weighted by molar-refractivity contribution is 5.97. The van der Waals surface area contributed by atoms with Gasteiger partial charge in [-0.25, -0.2) is 0 Å². The fourth-order valence-corrected chi connectivity index (χ4v) is 4.03. The van der Waals surface area contributed by atoms with Crippen molar-refractivity contribution in [3.05, 3.63) is 94.9 Å². The Morgan fingerprint density at radius 2 is 1.63 bits per heavy atom. The van der Waals surface area contributed by atoms with Crippen LogP contribution < -0.4 is 0 Å². The maximum absolute atomic E-state index is 13.8. The first kappa shape index (κ1) is 24.6. The predicted molar refractivity (Wildman–Crippen MR) is 129 cm³/mol. The van der Waals surface area contributed by atoms with Crippen LogP contribution in [0, 0.1) is 6.92 Å². The molecule has 0 aliphatic heterocycles. The van der Waals surface area contributed by atoms with Crippen LogP contribution in [-0.2, 0) is 19.3 Å². The van der Waals surface area contributed by atoms with Gasteiger partial charge in [0, 0.05) is 38.3 Å². The number of rotatable bonds is 8. The third-order valence-corrected chi connectivity index (χ3v) is 5.87. The largest absolute Gasteiger partial charge is 0.460 e. The second kappa shape index (κ2) is 10.00. The third-order valence-electron chi connectivity index (χ3n) is 5.87. The molecule has 184 valence electrons. The van der Waals surface area contributed by atoms with Crippen LogP contribution in [-0.4, -0.2) is 47.5 Å². The van der Waals surface area contributed by atoms with Crippen LogP contribution in [0.5, 0.6) is 0 Å². The molecule has 0 aliphatic carbocycles. The molecule has 8 heteroatoms. The van der Waals surface area contributed by atoms with Crippen LogP contribution in [0.25, 0.3) is 11.1 Å². The summed E-state index contributed by atoms with van der Waals surface area (Å²) in [6.07, 6.45) is -4.40. The van der Waals surface area contributed by atoms with Crippen LogP contribution in [0.15, 0.2) is 71.1 Å². The summed E-state index contributed by atoms with van der Waals surface area (Å²) in [5.74, 6) is 0.538. The number of fused-ring (bicyclic) bond motifs is 1. The molecule has 0 spiro atoms. The number of aryl methyl sites for hydroxylation is 1. The average molecular weight is 484 g/mol. The molecular formula is C27H28F3N3O2. The summed E-state index contributed by atoms with van der Waals surface area (Å²) in [5.41, 5.74) is 2.72. The summed E-state index contributed by atoms with van der Waals surface area (Å²) in [7, 11) is 3.91. The summed E-state index contributed by atoms with van der Waals surface area (Å²) in [6, 6.07) is 18.4. The van der Waals surface area contributed by atoms with Gasteiger partial charge in [-0.1, -0.05) is 42.5 Å². The van der Waals surface area contributed by atoms with E-state index >= 15 is 0 Å². The van der Waals surface area contributed by atoms with Crippen molar-refractivity contribution in [2.45, 2.75) is 26.2 Å². The van der Waals surface area contributed by atoms with Gasteiger partial charge in [-0.3, -0.25) is 4.79 Å². The van der Waals surface area contributed by atoms with Gasteiger partial charge in [-0.15, -0.1) is 0 Å². The van der Waals surface area contributed by atoms with Crippen molar-refractivity contribution < 1.29 is 22.4 Å². The molecule has 0 fully saturated rings. The highest BCUT2D eigenvalue weighted by atomic mass is 19.4. The van der Waals surface area contributed by atoms with Crippen molar-refractivity contribution in [2.75, 3.05) is 27.2 Å². The lowest BCUT2D eigenvalue weighted by Gasteiger charge is -2.25. The molecular weight excluding hydrogens is 455 g/mol. The molecule has 2 aromatic heterocycles. The topological polar surface area (TPSA) is 41.6 Å². The Kier molecular flexibility index (Phi) is 7.03. The Balaban J connectivity index is 1.69. The molecule has 35 heavy (non-hydrogen) atoms. The van der Waals surface area contributed by atoms with Crippen LogP contribution in [0.1, 0.15) is 32.9 Å². The monoisotopic (exact) mass is 483 g/mol. The minimum atomic E-state index is -4.40. The van der Waals surface area contributed by atoms with E-state index in [1.807, 2.05) is 66.9 Å². The Hall–Kier alpha value is -3.52. The number of hydrogen-bond donors (Lipinski definition) is 0. The Bertz CT molecular complexity index is 1290. The molecule has 0 saturated heterocycles. The quantitative estimate of drug-likeness (QED) is 0.317. The van der Waals surface area contributed by atoms with Crippen molar-refractivity contribution in [3.63, 3.8) is 0 Å². The smallest absolute Gasteiger partial charge is 0.416 e. The van der Waals surface area contributed by atoms with Gasteiger partial charge < -0.3 is 18.8 Å². The number of carbonyl (C=O) groups is 1. The van der Waals surface area contributed by atoms with E-state index in [2.05, 4.69) is 0 Å². The number of alkyl halides is 3. The fraction of sp³-hybridized carbons (Fsp3) is 0.296. The number of furan rings is 1. The van der Waals surface area contributed by atoms with Crippen LogP contribution in [0.4, 0.5) is 13.2 Å². The molecule has 0 atom stereocenters. The summed E-state index contributed by atoms with van der Waals surface area (Å²) < 4.78 is 46.6. The van der Waals surface area contributed by atoms with Gasteiger partial charge >= 0.3 is 6.18 Å². The van der Waals surface area contributed by atoms with Crippen LogP contribution >= 0.6 is 0 Å². The Morgan fingerprint density at radius 3 is 2.26 bits per heavy atom. The van der Waals surface area contributed by atoms with E-state index in [0.717, 1.165) is 23.2 Å². The van der Waals surface area contributed by atoms with Crippen LogP contribution in [0.2, 0.25) is 0 Å². The van der Waals surface area contributed by atoms with Crippen molar-refractivity contribution in [1.29, 1.82) is 0 Å². The van der Waals surface area contributed by atoms with Crippen molar-refractivity contribution in [2.24, 2.45) is 0 Å². The number of amides is 1. The summed E-state index contributed by atoms with van der Waals surface area (Å²) in [4.78, 5) is 17.6.